The first-order chi connectivity index (χ1) is 9.25. The first kappa shape index (κ1) is 12.0. The van der Waals surface area contributed by atoms with Crippen LogP contribution < -0.4 is 0 Å². The van der Waals surface area contributed by atoms with Gasteiger partial charge in [-0.05, 0) is 23.9 Å². The molecule has 4 heteroatoms. The molecule has 0 aromatic heterocycles. The molecule has 1 aromatic carbocycles. The zero-order valence-electron chi connectivity index (χ0n) is 10.2. The first-order valence-electron chi connectivity index (χ1n) is 6.08. The maximum atomic E-state index is 12.4. The van der Waals surface area contributed by atoms with Gasteiger partial charge in [-0.25, -0.2) is 4.99 Å². The minimum Gasteiger partial charge on any atom is -0.282 e. The van der Waals surface area contributed by atoms with Crippen LogP contribution in [0.25, 0.3) is 0 Å². The van der Waals surface area contributed by atoms with E-state index in [1.54, 1.807) is 4.90 Å². The number of nitrogens with zero attached hydrogens (tertiary/aromatic N) is 2. The second-order valence-electron chi connectivity index (χ2n) is 4.45. The molecule has 1 aromatic rings. The molecule has 1 atom stereocenters. The maximum Gasteiger partial charge on any atom is 0.242 e. The topological polar surface area (TPSA) is 32.7 Å². The molecule has 19 heavy (non-hydrogen) atoms. The summed E-state index contributed by atoms with van der Waals surface area (Å²) in [7, 11) is 0. The molecule has 0 radical (unpaired) electrons. The molecule has 0 bridgehead atoms. The Kier molecular flexibility index (Phi) is 3.09. The molecular formula is C15H12N2OS. The molecule has 1 aliphatic heterocycles. The number of hydrogen-bond acceptors (Lipinski definition) is 2. The number of allylic oxidation sites excluding steroid dienone is 3. The minimum absolute atomic E-state index is 0.000506. The van der Waals surface area contributed by atoms with Gasteiger partial charge in [0, 0.05) is 0 Å². The molecular weight excluding hydrogens is 256 g/mol. The highest BCUT2D eigenvalue weighted by molar-refractivity contribution is 7.80. The molecule has 1 aliphatic carbocycles. The number of carbonyl (C=O) groups excluding carboxylic acids is 1. The van der Waals surface area contributed by atoms with E-state index in [1.165, 1.54) is 0 Å². The van der Waals surface area contributed by atoms with Crippen LogP contribution in [0.3, 0.4) is 0 Å². The SMILES string of the molecule is O=C1C2C=CC=CC2=NC(=S)N1Cc1ccccc1. The molecule has 2 aliphatic rings. The zero-order valence-corrected chi connectivity index (χ0v) is 11.0. The monoisotopic (exact) mass is 268 g/mol. The van der Waals surface area contributed by atoms with E-state index >= 15 is 0 Å². The Morgan fingerprint density at radius 1 is 1.21 bits per heavy atom. The third kappa shape index (κ3) is 2.27. The molecule has 0 spiro atoms. The van der Waals surface area contributed by atoms with Crippen LogP contribution >= 0.6 is 12.2 Å². The minimum atomic E-state index is -0.291. The third-order valence-electron chi connectivity index (χ3n) is 3.17. The highest BCUT2D eigenvalue weighted by Crippen LogP contribution is 2.21. The first-order valence-corrected chi connectivity index (χ1v) is 6.49. The van der Waals surface area contributed by atoms with Gasteiger partial charge < -0.3 is 0 Å². The van der Waals surface area contributed by atoms with E-state index in [0.29, 0.717) is 11.7 Å². The summed E-state index contributed by atoms with van der Waals surface area (Å²) in [5.41, 5.74) is 1.79. The number of hydrogen-bond donors (Lipinski definition) is 0. The lowest BCUT2D eigenvalue weighted by molar-refractivity contribution is -0.128. The Labute approximate surface area is 117 Å². The molecule has 1 heterocycles. The lowest BCUT2D eigenvalue weighted by atomic mass is 9.95. The molecule has 0 saturated heterocycles. The molecule has 1 amide bonds. The largest absolute Gasteiger partial charge is 0.282 e. The Morgan fingerprint density at radius 3 is 2.79 bits per heavy atom. The fourth-order valence-corrected chi connectivity index (χ4v) is 2.45. The highest BCUT2D eigenvalue weighted by atomic mass is 32.1. The van der Waals surface area contributed by atoms with Crippen molar-refractivity contribution >= 4 is 28.9 Å². The quantitative estimate of drug-likeness (QED) is 0.772. The third-order valence-corrected chi connectivity index (χ3v) is 3.48. The average Bonchev–Trinajstić information content (AvgIpc) is 2.45. The Balaban J connectivity index is 1.89. The summed E-state index contributed by atoms with van der Waals surface area (Å²) in [4.78, 5) is 18.4. The summed E-state index contributed by atoms with van der Waals surface area (Å²) >= 11 is 5.23. The Morgan fingerprint density at radius 2 is 2.00 bits per heavy atom. The van der Waals surface area contributed by atoms with Crippen molar-refractivity contribution in [1.29, 1.82) is 0 Å². The lowest BCUT2D eigenvalue weighted by Gasteiger charge is -2.30. The second-order valence-corrected chi connectivity index (χ2v) is 4.82. The van der Waals surface area contributed by atoms with E-state index < -0.39 is 0 Å². The van der Waals surface area contributed by atoms with Crippen molar-refractivity contribution in [3.63, 3.8) is 0 Å². The molecule has 0 fully saturated rings. The number of benzene rings is 1. The fraction of sp³-hybridized carbons (Fsp3) is 0.133. The van der Waals surface area contributed by atoms with Crippen molar-refractivity contribution < 1.29 is 4.79 Å². The smallest absolute Gasteiger partial charge is 0.242 e. The van der Waals surface area contributed by atoms with E-state index in [0.717, 1.165) is 11.3 Å². The van der Waals surface area contributed by atoms with Crippen LogP contribution in [0.4, 0.5) is 0 Å². The molecule has 0 N–H and O–H groups in total. The van der Waals surface area contributed by atoms with Crippen molar-refractivity contribution in [3.8, 4) is 0 Å². The number of aliphatic imine (C=N–C) groups is 1. The van der Waals surface area contributed by atoms with Crippen molar-refractivity contribution in [2.24, 2.45) is 10.9 Å². The lowest BCUT2D eigenvalue weighted by Crippen LogP contribution is -2.45. The van der Waals surface area contributed by atoms with Crippen LogP contribution in [0, 0.1) is 5.92 Å². The summed E-state index contributed by atoms with van der Waals surface area (Å²) < 4.78 is 0. The van der Waals surface area contributed by atoms with E-state index in [2.05, 4.69) is 4.99 Å². The number of rotatable bonds is 2. The molecule has 94 valence electrons. The van der Waals surface area contributed by atoms with Crippen LogP contribution in [-0.4, -0.2) is 21.6 Å². The van der Waals surface area contributed by atoms with Gasteiger partial charge in [-0.1, -0.05) is 48.6 Å². The number of carbonyl (C=O) groups is 1. The average molecular weight is 268 g/mol. The van der Waals surface area contributed by atoms with Gasteiger partial charge in [0.1, 0.15) is 0 Å². The molecule has 0 saturated carbocycles. The maximum absolute atomic E-state index is 12.4. The van der Waals surface area contributed by atoms with Crippen LogP contribution in [0.5, 0.6) is 0 Å². The molecule has 3 nitrogen and oxygen atoms in total. The van der Waals surface area contributed by atoms with Gasteiger partial charge in [-0.2, -0.15) is 0 Å². The van der Waals surface area contributed by atoms with Gasteiger partial charge in [-0.3, -0.25) is 9.69 Å². The van der Waals surface area contributed by atoms with Crippen molar-refractivity contribution in [2.45, 2.75) is 6.54 Å². The van der Waals surface area contributed by atoms with Crippen LogP contribution in [0.15, 0.2) is 59.6 Å². The van der Waals surface area contributed by atoms with E-state index in [-0.39, 0.29) is 11.8 Å². The number of thiocarbonyl (C=S) groups is 1. The van der Waals surface area contributed by atoms with E-state index in [9.17, 15) is 4.79 Å². The summed E-state index contributed by atoms with van der Waals surface area (Å²) in [5.74, 6) is -0.292. The van der Waals surface area contributed by atoms with Crippen molar-refractivity contribution in [1.82, 2.24) is 4.90 Å². The Bertz CT molecular complexity index is 616. The van der Waals surface area contributed by atoms with Crippen LogP contribution in [-0.2, 0) is 11.3 Å². The van der Waals surface area contributed by atoms with Crippen molar-refractivity contribution in [3.05, 3.63) is 60.2 Å². The van der Waals surface area contributed by atoms with Crippen molar-refractivity contribution in [2.75, 3.05) is 0 Å². The van der Waals surface area contributed by atoms with Gasteiger partial charge >= 0.3 is 0 Å². The predicted octanol–water partition coefficient (Wildman–Crippen LogP) is 2.50. The van der Waals surface area contributed by atoms with Crippen LogP contribution in [0.1, 0.15) is 5.56 Å². The predicted molar refractivity (Wildman–Crippen MR) is 78.8 cm³/mol. The summed E-state index contributed by atoms with van der Waals surface area (Å²) in [5, 5.41) is 0.347. The highest BCUT2D eigenvalue weighted by Gasteiger charge is 2.33. The number of amides is 1. The van der Waals surface area contributed by atoms with E-state index in [4.69, 9.17) is 12.2 Å². The van der Waals surface area contributed by atoms with Gasteiger partial charge in [-0.15, -0.1) is 0 Å². The zero-order chi connectivity index (χ0) is 13.2. The van der Waals surface area contributed by atoms with E-state index in [1.807, 2.05) is 54.6 Å². The standard InChI is InChI=1S/C15H12N2OS/c18-14-12-8-4-5-9-13(12)16-15(19)17(14)10-11-6-2-1-3-7-11/h1-9,12H,10H2. The summed E-state index contributed by atoms with van der Waals surface area (Å²) in [6.07, 6.45) is 7.45. The summed E-state index contributed by atoms with van der Waals surface area (Å²) in [6, 6.07) is 9.80. The van der Waals surface area contributed by atoms with Crippen LogP contribution in [0.2, 0.25) is 0 Å². The summed E-state index contributed by atoms with van der Waals surface area (Å²) in [6.45, 7) is 0.476. The Hall–Kier alpha value is -2.07. The molecule has 3 rings (SSSR count). The normalized spacial score (nSPS) is 21.4. The molecule has 1 unspecified atom stereocenters. The number of fused-ring (bicyclic) bond motifs is 1. The van der Waals surface area contributed by atoms with Gasteiger partial charge in [0.2, 0.25) is 11.0 Å². The van der Waals surface area contributed by atoms with Gasteiger partial charge in [0.05, 0.1) is 18.2 Å². The van der Waals surface area contributed by atoms with Gasteiger partial charge in [0.15, 0.2) is 0 Å². The second kappa shape index (κ2) is 4.90. The van der Waals surface area contributed by atoms with Gasteiger partial charge in [0.25, 0.3) is 0 Å². The fourth-order valence-electron chi connectivity index (χ4n) is 2.19.